The molecule has 0 saturated heterocycles. The Kier molecular flexibility index (Phi) is 6.56. The van der Waals surface area contributed by atoms with Gasteiger partial charge in [-0.15, -0.1) is 0 Å². The fraction of sp³-hybridized carbons (Fsp3) is 0.100. The van der Waals surface area contributed by atoms with Gasteiger partial charge in [-0.25, -0.2) is 0 Å². The predicted molar refractivity (Wildman–Crippen MR) is 47.6 cm³/mol. The van der Waals surface area contributed by atoms with Crippen molar-refractivity contribution in [3.8, 4) is 0 Å². The number of hydrogen-bond acceptors (Lipinski definition) is 1. The van der Waals surface area contributed by atoms with Gasteiger partial charge in [-0.05, 0) is 12.7 Å². The van der Waals surface area contributed by atoms with Gasteiger partial charge >= 0.3 is 59.1 Å². The Morgan fingerprint density at radius 2 is 1.83 bits per heavy atom. The fourth-order valence-corrected chi connectivity index (χ4v) is 0.813. The second-order valence-electron chi connectivity index (χ2n) is 2.20. The van der Waals surface area contributed by atoms with Crippen LogP contribution in [0.2, 0.25) is 0 Å². The summed E-state index contributed by atoms with van der Waals surface area (Å²) in [4.78, 5) is 9.33. The van der Waals surface area contributed by atoms with Crippen molar-refractivity contribution in [1.82, 2.24) is 0 Å². The molecule has 1 aromatic rings. The van der Waals surface area contributed by atoms with E-state index in [-0.39, 0.29) is 5.78 Å². The normalized spacial score (nSPS) is 7.92. The van der Waals surface area contributed by atoms with Gasteiger partial charge in [0.2, 0.25) is 0 Å². The first kappa shape index (κ1) is 11.3. The van der Waals surface area contributed by atoms with Crippen LogP contribution in [-0.4, -0.2) is 10.3 Å². The number of carbonyl (C=O) groups is 1. The number of carbonyl (C=O) groups excluding carboxylic acids is 1. The number of ketones is 1. The molecule has 0 radical (unpaired) electrons. The molecule has 1 nitrogen and oxygen atoms in total. The van der Waals surface area contributed by atoms with E-state index >= 15 is 0 Å². The first-order valence-corrected chi connectivity index (χ1v) is 4.34. The zero-order valence-corrected chi connectivity index (χ0v) is 8.45. The maximum absolute atomic E-state index is 9.33. The van der Waals surface area contributed by atoms with Crippen LogP contribution in [0.1, 0.15) is 12.5 Å². The summed E-state index contributed by atoms with van der Waals surface area (Å²) in [6, 6.07) is 10.1. The van der Waals surface area contributed by atoms with E-state index in [9.17, 15) is 4.79 Å². The molecule has 0 aliphatic heterocycles. The molecule has 0 N–H and O–H groups in total. The third kappa shape index (κ3) is 7.40. The van der Waals surface area contributed by atoms with Crippen molar-refractivity contribution in [2.45, 2.75) is 6.92 Å². The molecule has 0 saturated carbocycles. The summed E-state index contributed by atoms with van der Waals surface area (Å²) in [7, 11) is 0. The molecule has 0 aromatic heterocycles. The summed E-state index contributed by atoms with van der Waals surface area (Å²) in [6.45, 7) is 4.42. The Morgan fingerprint density at radius 3 is 2.08 bits per heavy atom. The molecular weight excluding hydrogens is 243 g/mol. The number of rotatable bonds is 1. The van der Waals surface area contributed by atoms with Crippen LogP contribution >= 0.6 is 0 Å². The minimum absolute atomic E-state index is 0.0833. The quantitative estimate of drug-likeness (QED) is 0.551. The Bertz CT molecular complexity index is 237. The van der Waals surface area contributed by atoms with E-state index in [1.807, 2.05) is 34.8 Å². The van der Waals surface area contributed by atoms with Crippen molar-refractivity contribution in [3.63, 3.8) is 0 Å². The molecule has 0 aliphatic rings. The van der Waals surface area contributed by atoms with Gasteiger partial charge in [0, 0.05) is 0 Å². The van der Waals surface area contributed by atoms with Crippen molar-refractivity contribution in [3.05, 3.63) is 42.8 Å². The molecule has 1 aromatic carbocycles. The molecule has 0 bridgehead atoms. The van der Waals surface area contributed by atoms with E-state index in [4.69, 9.17) is 0 Å². The van der Waals surface area contributed by atoms with Crippen molar-refractivity contribution in [2.75, 3.05) is 0 Å². The standard InChI is InChI=1S/C7H6.C3H5O.Pd/c1-7-5-3-2-4-6-7;1-3(2)4;/h1-6H;1H2,2H3;/q;-1;. The number of hydrogen-bond donors (Lipinski definition) is 0. The molecule has 1 rings (SSSR count). The van der Waals surface area contributed by atoms with Gasteiger partial charge in [0.05, 0.1) is 0 Å². The Labute approximate surface area is 83.7 Å². The van der Waals surface area contributed by atoms with E-state index in [1.54, 1.807) is 0 Å². The molecule has 0 spiro atoms. The van der Waals surface area contributed by atoms with Gasteiger partial charge in [-0.3, -0.25) is 0 Å². The van der Waals surface area contributed by atoms with Crippen molar-refractivity contribution < 1.29 is 23.5 Å². The summed E-state index contributed by atoms with van der Waals surface area (Å²) in [5.74, 6) is -0.0833. The Morgan fingerprint density at radius 1 is 1.42 bits per heavy atom. The molecular formula is C10H11OPd-. The SMILES string of the molecule is [CH2-]C(C)=O.[Pd]=[CH]c1ccccc1. The minimum atomic E-state index is -0.0833. The zero-order valence-electron chi connectivity index (χ0n) is 6.90. The van der Waals surface area contributed by atoms with Crippen LogP contribution in [0.3, 0.4) is 0 Å². The molecule has 0 amide bonds. The fourth-order valence-electron chi connectivity index (χ4n) is 0.514. The average Bonchev–Trinajstić information content (AvgIpc) is 2.05. The first-order valence-electron chi connectivity index (χ1n) is 3.44. The summed E-state index contributed by atoms with van der Waals surface area (Å²) in [6.07, 6.45) is 0. The van der Waals surface area contributed by atoms with E-state index < -0.39 is 0 Å². The van der Waals surface area contributed by atoms with Crippen LogP contribution in [0.5, 0.6) is 0 Å². The molecule has 12 heavy (non-hydrogen) atoms. The Hall–Kier alpha value is -0.708. The van der Waals surface area contributed by atoms with Gasteiger partial charge in [0.15, 0.2) is 0 Å². The van der Waals surface area contributed by atoms with Crippen molar-refractivity contribution in [2.24, 2.45) is 0 Å². The molecule has 0 atom stereocenters. The van der Waals surface area contributed by atoms with Crippen LogP contribution in [0.4, 0.5) is 0 Å². The van der Waals surface area contributed by atoms with Crippen LogP contribution < -0.4 is 0 Å². The van der Waals surface area contributed by atoms with Crippen molar-refractivity contribution in [1.29, 1.82) is 0 Å². The van der Waals surface area contributed by atoms with Crippen LogP contribution in [-0.2, 0) is 23.5 Å². The summed E-state index contributed by atoms with van der Waals surface area (Å²) in [5, 5.41) is 0. The average molecular weight is 254 g/mol. The third-order valence-electron chi connectivity index (χ3n) is 0.905. The molecule has 2 heteroatoms. The van der Waals surface area contributed by atoms with Crippen LogP contribution in [0, 0.1) is 6.92 Å². The van der Waals surface area contributed by atoms with E-state index in [2.05, 4.69) is 25.7 Å². The molecule has 0 aliphatic carbocycles. The third-order valence-corrected chi connectivity index (χ3v) is 1.42. The maximum atomic E-state index is 9.33. The first-order chi connectivity index (χ1) is 5.66. The van der Waals surface area contributed by atoms with Crippen LogP contribution in [0.25, 0.3) is 0 Å². The number of benzene rings is 1. The second kappa shape index (κ2) is 6.97. The van der Waals surface area contributed by atoms with Gasteiger partial charge in [0.25, 0.3) is 0 Å². The molecule has 68 valence electrons. The number of Topliss-reactive ketones (excluding diaryl/α,β-unsaturated/α-hetero) is 1. The van der Waals surface area contributed by atoms with Gasteiger partial charge < -0.3 is 11.7 Å². The zero-order chi connectivity index (χ0) is 9.40. The van der Waals surface area contributed by atoms with Crippen LogP contribution in [0.15, 0.2) is 30.3 Å². The van der Waals surface area contributed by atoms with Gasteiger partial charge in [0.1, 0.15) is 0 Å². The summed E-state index contributed by atoms with van der Waals surface area (Å²) >= 11 is 2.99. The van der Waals surface area contributed by atoms with E-state index in [0.717, 1.165) is 0 Å². The van der Waals surface area contributed by atoms with E-state index in [0.29, 0.717) is 0 Å². The topological polar surface area (TPSA) is 17.1 Å². The Balaban J connectivity index is 0.000000261. The molecule has 0 heterocycles. The molecule has 0 unspecified atom stereocenters. The molecule has 0 fully saturated rings. The predicted octanol–water partition coefficient (Wildman–Crippen LogP) is 1.79. The van der Waals surface area contributed by atoms with Gasteiger partial charge in [-0.2, -0.15) is 0 Å². The van der Waals surface area contributed by atoms with Crippen molar-refractivity contribution >= 4 is 10.3 Å². The summed E-state index contributed by atoms with van der Waals surface area (Å²) < 4.78 is 1.93. The second-order valence-corrected chi connectivity index (χ2v) is 2.65. The van der Waals surface area contributed by atoms with Gasteiger partial charge in [-0.1, -0.05) is 0 Å². The monoisotopic (exact) mass is 253 g/mol. The summed E-state index contributed by atoms with van der Waals surface area (Å²) in [5.41, 5.74) is 1.22. The van der Waals surface area contributed by atoms with E-state index in [1.165, 1.54) is 12.5 Å².